The Labute approximate surface area is 98.2 Å². The zero-order valence-electron chi connectivity index (χ0n) is 9.64. The molecule has 88 valence electrons. The molecule has 5 nitrogen and oxygen atoms in total. The fraction of sp³-hybridized carbons (Fsp3) is 0.333. The summed E-state index contributed by atoms with van der Waals surface area (Å²) >= 11 is 0. The third-order valence-corrected chi connectivity index (χ3v) is 3.12. The van der Waals surface area contributed by atoms with E-state index in [0.717, 1.165) is 36.5 Å². The molecular weight excluding hydrogens is 218 g/mol. The Kier molecular flexibility index (Phi) is 2.24. The van der Waals surface area contributed by atoms with E-state index in [1.807, 2.05) is 28.9 Å². The number of ether oxygens (including phenoxy) is 1. The molecule has 0 atom stereocenters. The van der Waals surface area contributed by atoms with Gasteiger partial charge < -0.3 is 4.74 Å². The van der Waals surface area contributed by atoms with Crippen LogP contribution in [0.25, 0.3) is 5.69 Å². The van der Waals surface area contributed by atoms with Crippen molar-refractivity contribution in [2.75, 3.05) is 7.11 Å². The lowest BCUT2D eigenvalue weighted by Gasteiger charge is -1.98. The van der Waals surface area contributed by atoms with Crippen LogP contribution in [0.2, 0.25) is 0 Å². The van der Waals surface area contributed by atoms with E-state index in [0.29, 0.717) is 0 Å². The van der Waals surface area contributed by atoms with Crippen LogP contribution in [0.15, 0.2) is 29.1 Å². The Morgan fingerprint density at radius 2 is 2.12 bits per heavy atom. The van der Waals surface area contributed by atoms with Gasteiger partial charge in [-0.25, -0.2) is 4.79 Å². The number of hydrogen-bond acceptors (Lipinski definition) is 2. The number of aromatic nitrogens is 3. The van der Waals surface area contributed by atoms with Gasteiger partial charge in [-0.1, -0.05) is 9.90 Å². The van der Waals surface area contributed by atoms with Crippen molar-refractivity contribution in [1.82, 2.24) is 9.90 Å². The van der Waals surface area contributed by atoms with Crippen LogP contribution in [-0.2, 0) is 13.0 Å². The zero-order chi connectivity index (χ0) is 11.8. The van der Waals surface area contributed by atoms with Crippen LogP contribution in [0.5, 0.6) is 5.75 Å². The van der Waals surface area contributed by atoms with Crippen molar-refractivity contribution in [1.29, 1.82) is 0 Å². The van der Waals surface area contributed by atoms with Crippen LogP contribution >= 0.6 is 0 Å². The number of methoxy groups -OCH3 is 1. The highest BCUT2D eigenvalue weighted by Crippen LogP contribution is 2.13. The first-order chi connectivity index (χ1) is 8.29. The molecule has 0 bridgehead atoms. The number of benzene rings is 1. The predicted molar refractivity (Wildman–Crippen MR) is 61.5 cm³/mol. The summed E-state index contributed by atoms with van der Waals surface area (Å²) in [5.74, 6) is 0.786. The number of nitrogens with zero attached hydrogens (tertiary/aromatic N) is 2. The maximum atomic E-state index is 12.1. The van der Waals surface area contributed by atoms with Gasteiger partial charge in [0.15, 0.2) is 5.69 Å². The number of aromatic amines is 1. The average molecular weight is 232 g/mol. The summed E-state index contributed by atoms with van der Waals surface area (Å²) in [5.41, 5.74) is 1.74. The highest BCUT2D eigenvalue weighted by atomic mass is 16.5. The first-order valence-electron chi connectivity index (χ1n) is 5.68. The Bertz CT molecular complexity index is 595. The topological polar surface area (TPSA) is 50.9 Å². The van der Waals surface area contributed by atoms with Crippen LogP contribution in [0.3, 0.4) is 0 Å². The molecule has 5 heteroatoms. The fourth-order valence-electron chi connectivity index (χ4n) is 2.21. The van der Waals surface area contributed by atoms with Crippen LogP contribution in [0.1, 0.15) is 12.1 Å². The van der Waals surface area contributed by atoms with Gasteiger partial charge in [-0.05, 0) is 30.7 Å². The average Bonchev–Trinajstić information content (AvgIpc) is 2.93. The second-order valence-corrected chi connectivity index (χ2v) is 4.14. The van der Waals surface area contributed by atoms with Gasteiger partial charge in [0.05, 0.1) is 7.11 Å². The molecule has 17 heavy (non-hydrogen) atoms. The van der Waals surface area contributed by atoms with Gasteiger partial charge in [0, 0.05) is 6.42 Å². The third-order valence-electron chi connectivity index (χ3n) is 3.12. The van der Waals surface area contributed by atoms with E-state index < -0.39 is 0 Å². The SMILES string of the molecule is COc1ccc(-n2[nH][n+]3c(c2=O)CCC3)cc1. The van der Waals surface area contributed by atoms with E-state index in [-0.39, 0.29) is 5.56 Å². The molecule has 0 spiro atoms. The molecular formula is C12H14N3O2+. The Hall–Kier alpha value is -2.04. The Morgan fingerprint density at radius 3 is 2.76 bits per heavy atom. The van der Waals surface area contributed by atoms with E-state index in [2.05, 4.69) is 5.21 Å². The van der Waals surface area contributed by atoms with Gasteiger partial charge in [-0.3, -0.25) is 0 Å². The summed E-state index contributed by atoms with van der Waals surface area (Å²) in [7, 11) is 1.63. The number of nitrogens with one attached hydrogen (secondary N) is 1. The maximum absolute atomic E-state index is 12.1. The lowest BCUT2D eigenvalue weighted by molar-refractivity contribution is -0.749. The van der Waals surface area contributed by atoms with Crippen molar-refractivity contribution in [3.05, 3.63) is 40.3 Å². The number of aryl methyl sites for hydroxylation is 1. The van der Waals surface area contributed by atoms with E-state index in [4.69, 9.17) is 4.74 Å². The largest absolute Gasteiger partial charge is 0.497 e. The van der Waals surface area contributed by atoms with Crippen LogP contribution in [0.4, 0.5) is 0 Å². The van der Waals surface area contributed by atoms with Crippen LogP contribution < -0.4 is 15.0 Å². The fourth-order valence-corrected chi connectivity index (χ4v) is 2.21. The van der Waals surface area contributed by atoms with Gasteiger partial charge in [0.2, 0.25) is 5.69 Å². The summed E-state index contributed by atoms with van der Waals surface area (Å²) in [4.78, 5) is 12.1. The smallest absolute Gasteiger partial charge is 0.401 e. The van der Waals surface area contributed by atoms with Crippen molar-refractivity contribution >= 4 is 0 Å². The van der Waals surface area contributed by atoms with Gasteiger partial charge in [-0.15, -0.1) is 0 Å². The molecule has 1 aromatic heterocycles. The van der Waals surface area contributed by atoms with Gasteiger partial charge in [-0.2, -0.15) is 4.68 Å². The molecule has 0 saturated heterocycles. The van der Waals surface area contributed by atoms with Crippen molar-refractivity contribution in [2.45, 2.75) is 19.4 Å². The summed E-state index contributed by atoms with van der Waals surface area (Å²) < 4.78 is 8.59. The summed E-state index contributed by atoms with van der Waals surface area (Å²) in [6.07, 6.45) is 1.91. The Morgan fingerprint density at radius 1 is 1.35 bits per heavy atom. The summed E-state index contributed by atoms with van der Waals surface area (Å²) in [6.45, 7) is 0.897. The van der Waals surface area contributed by atoms with E-state index in [1.54, 1.807) is 11.8 Å². The molecule has 0 radical (unpaired) electrons. The number of hydrogen-bond donors (Lipinski definition) is 1. The van der Waals surface area contributed by atoms with E-state index in [9.17, 15) is 4.79 Å². The molecule has 2 heterocycles. The lowest BCUT2D eigenvalue weighted by atomic mass is 10.3. The minimum Gasteiger partial charge on any atom is -0.497 e. The van der Waals surface area contributed by atoms with Crippen LogP contribution in [0, 0.1) is 0 Å². The first kappa shape index (κ1) is 10.1. The molecule has 0 amide bonds. The molecule has 1 N–H and O–H groups in total. The maximum Gasteiger partial charge on any atom is 0.401 e. The van der Waals surface area contributed by atoms with Crippen molar-refractivity contribution in [2.24, 2.45) is 0 Å². The predicted octanol–water partition coefficient (Wildman–Crippen LogP) is 0.408. The van der Waals surface area contributed by atoms with E-state index >= 15 is 0 Å². The summed E-state index contributed by atoms with van der Waals surface area (Å²) in [5, 5.41) is 3.10. The van der Waals surface area contributed by atoms with Crippen molar-refractivity contribution in [3.8, 4) is 11.4 Å². The highest BCUT2D eigenvalue weighted by Gasteiger charge is 2.26. The number of H-pyrrole nitrogens is 1. The monoisotopic (exact) mass is 232 g/mol. The van der Waals surface area contributed by atoms with Crippen LogP contribution in [-0.4, -0.2) is 17.0 Å². The zero-order valence-corrected chi connectivity index (χ0v) is 9.64. The standard InChI is InChI=1S/C12H13N3O2/c1-17-10-6-4-9(5-7-10)15-12(16)11-3-2-8-14(11)13-15/h4-7H,2-3,8H2,1H3/p+1. The molecule has 1 aromatic carbocycles. The van der Waals surface area contributed by atoms with Gasteiger partial charge in [0.1, 0.15) is 12.3 Å². The van der Waals surface area contributed by atoms with Crippen molar-refractivity contribution in [3.63, 3.8) is 0 Å². The second-order valence-electron chi connectivity index (χ2n) is 4.14. The minimum absolute atomic E-state index is 0.0488. The first-order valence-corrected chi connectivity index (χ1v) is 5.68. The molecule has 0 unspecified atom stereocenters. The minimum atomic E-state index is 0.0488. The normalized spacial score (nSPS) is 13.7. The number of rotatable bonds is 2. The quantitative estimate of drug-likeness (QED) is 0.762. The molecule has 0 aliphatic carbocycles. The van der Waals surface area contributed by atoms with Crippen molar-refractivity contribution < 1.29 is 9.42 Å². The Balaban J connectivity index is 2.06. The lowest BCUT2D eigenvalue weighted by Crippen LogP contribution is -2.35. The molecule has 1 aliphatic heterocycles. The second kappa shape index (κ2) is 3.76. The summed E-state index contributed by atoms with van der Waals surface area (Å²) in [6, 6.07) is 7.43. The van der Waals surface area contributed by atoms with Gasteiger partial charge in [0.25, 0.3) is 0 Å². The molecule has 0 saturated carbocycles. The van der Waals surface area contributed by atoms with Gasteiger partial charge >= 0.3 is 5.56 Å². The van der Waals surface area contributed by atoms with E-state index in [1.165, 1.54) is 0 Å². The number of fused-ring (bicyclic) bond motifs is 1. The molecule has 0 fully saturated rings. The highest BCUT2D eigenvalue weighted by molar-refractivity contribution is 5.36. The molecule has 2 aromatic rings. The molecule has 3 rings (SSSR count). The third kappa shape index (κ3) is 1.54. The molecule has 1 aliphatic rings.